The van der Waals surface area contributed by atoms with E-state index in [9.17, 15) is 25.5 Å². The molecule has 1 fully saturated rings. The van der Waals surface area contributed by atoms with Gasteiger partial charge in [0.25, 0.3) is 0 Å². The van der Waals surface area contributed by atoms with E-state index < -0.39 is 36.5 Å². The van der Waals surface area contributed by atoms with E-state index in [0.717, 1.165) is 6.92 Å². The molecule has 0 aliphatic carbocycles. The average Bonchev–Trinajstić information content (AvgIpc) is 2.09. The van der Waals surface area contributed by atoms with Crippen molar-refractivity contribution in [2.75, 3.05) is 6.61 Å². The predicted octanol–water partition coefficient (Wildman–Crippen LogP) is -3.51. The Balaban J connectivity index is 2.95. The lowest BCUT2D eigenvalue weighted by Gasteiger charge is -2.48. The molecule has 1 heterocycles. The Hall–Kier alpha value is -0.280. The van der Waals surface area contributed by atoms with Crippen LogP contribution in [0.5, 0.6) is 0 Å². The van der Waals surface area contributed by atoms with Crippen LogP contribution >= 0.6 is 0 Å². The van der Waals surface area contributed by atoms with E-state index in [-0.39, 0.29) is 0 Å². The van der Waals surface area contributed by atoms with Crippen LogP contribution in [0.15, 0.2) is 0 Å². The number of hydrogen-bond acceptors (Lipinski definition) is 7. The van der Waals surface area contributed by atoms with Crippen LogP contribution in [-0.2, 0) is 4.74 Å². The Bertz CT molecular complexity index is 214. The smallest absolute Gasteiger partial charge is 0.311 e. The van der Waals surface area contributed by atoms with Gasteiger partial charge in [-0.1, -0.05) is 0 Å². The number of aliphatic hydroxyl groups is 6. The first-order valence-corrected chi connectivity index (χ1v) is 4.06. The fraction of sp³-hybridized carbons (Fsp3) is 1.00. The Labute approximate surface area is 79.8 Å². The topological polar surface area (TPSA) is 131 Å². The van der Waals surface area contributed by atoms with Crippen molar-refractivity contribution in [3.05, 3.63) is 0 Å². The Kier molecular flexibility index (Phi) is 2.85. The summed E-state index contributed by atoms with van der Waals surface area (Å²) in [6.07, 6.45) is -4.79. The minimum absolute atomic E-state index is 0.711. The van der Waals surface area contributed by atoms with Crippen LogP contribution in [0, 0.1) is 0 Å². The van der Waals surface area contributed by atoms with Crippen molar-refractivity contribution in [2.45, 2.75) is 36.8 Å². The molecular weight excluding hydrogens is 196 g/mol. The second kappa shape index (κ2) is 3.38. The Morgan fingerprint density at radius 3 is 2.14 bits per heavy atom. The molecule has 0 spiro atoms. The minimum atomic E-state index is -3.01. The number of ether oxygens (including phenoxy) is 1. The maximum absolute atomic E-state index is 9.44. The molecule has 1 rings (SSSR count). The van der Waals surface area contributed by atoms with Gasteiger partial charge >= 0.3 is 5.97 Å². The quantitative estimate of drug-likeness (QED) is 0.247. The standard InChI is InChI=1S/C7H14O7/c1-6(11)5(10)4(9)3(2-8)14-7(6,12)13/h3-5,8-13H,2H2,1H3/t3-,4-,5+,6-/m1/s1. The molecule has 1 saturated heterocycles. The first-order valence-electron chi connectivity index (χ1n) is 4.06. The number of hydrogen-bond donors (Lipinski definition) is 6. The van der Waals surface area contributed by atoms with Gasteiger partial charge in [0.1, 0.15) is 18.3 Å². The highest BCUT2D eigenvalue weighted by molar-refractivity contribution is 5.00. The molecule has 84 valence electrons. The van der Waals surface area contributed by atoms with Crippen molar-refractivity contribution >= 4 is 0 Å². The van der Waals surface area contributed by atoms with Crippen molar-refractivity contribution in [1.29, 1.82) is 0 Å². The van der Waals surface area contributed by atoms with Crippen LogP contribution in [0.2, 0.25) is 0 Å². The van der Waals surface area contributed by atoms with Gasteiger partial charge in [-0.25, -0.2) is 0 Å². The van der Waals surface area contributed by atoms with E-state index >= 15 is 0 Å². The molecule has 7 nitrogen and oxygen atoms in total. The van der Waals surface area contributed by atoms with Gasteiger partial charge in [0.2, 0.25) is 0 Å². The van der Waals surface area contributed by atoms with Crippen LogP contribution in [0.4, 0.5) is 0 Å². The highest BCUT2D eigenvalue weighted by Gasteiger charge is 2.60. The molecule has 7 heteroatoms. The largest absolute Gasteiger partial charge is 0.394 e. The van der Waals surface area contributed by atoms with Crippen molar-refractivity contribution in [3.63, 3.8) is 0 Å². The van der Waals surface area contributed by atoms with Gasteiger partial charge in [-0.05, 0) is 6.92 Å². The summed E-state index contributed by atoms with van der Waals surface area (Å²) in [5, 5.41) is 55.1. The van der Waals surface area contributed by atoms with Crippen molar-refractivity contribution in [2.24, 2.45) is 0 Å². The number of aliphatic hydroxyl groups excluding tert-OH is 3. The molecule has 0 aromatic heterocycles. The molecule has 1 aliphatic heterocycles. The molecule has 14 heavy (non-hydrogen) atoms. The van der Waals surface area contributed by atoms with Gasteiger partial charge < -0.3 is 35.4 Å². The monoisotopic (exact) mass is 210 g/mol. The molecule has 0 bridgehead atoms. The van der Waals surface area contributed by atoms with Crippen molar-refractivity contribution in [3.8, 4) is 0 Å². The van der Waals surface area contributed by atoms with E-state index in [0.29, 0.717) is 0 Å². The summed E-state index contributed by atoms with van der Waals surface area (Å²) in [5.41, 5.74) is -2.43. The lowest BCUT2D eigenvalue weighted by Crippen LogP contribution is -2.71. The lowest BCUT2D eigenvalue weighted by molar-refractivity contribution is -0.464. The zero-order valence-electron chi connectivity index (χ0n) is 7.53. The zero-order chi connectivity index (χ0) is 11.1. The summed E-state index contributed by atoms with van der Waals surface area (Å²) in [6.45, 7) is 0.186. The maximum Gasteiger partial charge on any atom is 0.311 e. The first kappa shape index (κ1) is 11.8. The average molecular weight is 210 g/mol. The highest BCUT2D eigenvalue weighted by Crippen LogP contribution is 2.34. The van der Waals surface area contributed by atoms with Crippen molar-refractivity contribution in [1.82, 2.24) is 0 Å². The third-order valence-electron chi connectivity index (χ3n) is 2.44. The van der Waals surface area contributed by atoms with Crippen LogP contribution in [0.1, 0.15) is 6.92 Å². The van der Waals surface area contributed by atoms with Gasteiger partial charge in [0.05, 0.1) is 6.61 Å². The SMILES string of the molecule is C[C@@]1(O)[C@@H](O)[C@H](O)[C@@H](CO)OC1(O)O. The van der Waals surface area contributed by atoms with E-state index in [1.54, 1.807) is 0 Å². The predicted molar refractivity (Wildman–Crippen MR) is 41.8 cm³/mol. The molecule has 0 aromatic carbocycles. The summed E-state index contributed by atoms with van der Waals surface area (Å²) in [7, 11) is 0. The molecule has 0 amide bonds. The normalized spacial score (nSPS) is 47.8. The van der Waals surface area contributed by atoms with Gasteiger partial charge in [-0.15, -0.1) is 0 Å². The second-order valence-corrected chi connectivity index (χ2v) is 3.53. The van der Waals surface area contributed by atoms with E-state index in [1.807, 2.05) is 0 Å². The molecule has 1 aliphatic rings. The summed E-state index contributed by atoms with van der Waals surface area (Å²) in [5.74, 6) is -3.01. The van der Waals surface area contributed by atoms with Gasteiger partial charge in [-0.3, -0.25) is 0 Å². The van der Waals surface area contributed by atoms with Gasteiger partial charge in [0.15, 0.2) is 5.60 Å². The van der Waals surface area contributed by atoms with Crippen LogP contribution in [0.3, 0.4) is 0 Å². The van der Waals surface area contributed by atoms with Crippen LogP contribution in [0.25, 0.3) is 0 Å². The molecule has 0 unspecified atom stereocenters. The third kappa shape index (κ3) is 1.52. The molecule has 0 aromatic rings. The minimum Gasteiger partial charge on any atom is -0.394 e. The van der Waals surface area contributed by atoms with E-state index in [4.69, 9.17) is 5.11 Å². The Morgan fingerprint density at radius 1 is 1.21 bits per heavy atom. The van der Waals surface area contributed by atoms with E-state index in [2.05, 4.69) is 4.74 Å². The van der Waals surface area contributed by atoms with Gasteiger partial charge in [-0.2, -0.15) is 0 Å². The Morgan fingerprint density at radius 2 is 1.71 bits per heavy atom. The molecule has 4 atom stereocenters. The maximum atomic E-state index is 9.44. The first-order chi connectivity index (χ1) is 6.24. The second-order valence-electron chi connectivity index (χ2n) is 3.53. The molecular formula is C7H14O7. The summed E-state index contributed by atoms with van der Waals surface area (Å²) in [6, 6.07) is 0. The van der Waals surface area contributed by atoms with Gasteiger partial charge in [0, 0.05) is 0 Å². The molecule has 0 saturated carbocycles. The highest BCUT2D eigenvalue weighted by atomic mass is 16.8. The zero-order valence-corrected chi connectivity index (χ0v) is 7.53. The van der Waals surface area contributed by atoms with Crippen LogP contribution < -0.4 is 0 Å². The van der Waals surface area contributed by atoms with Crippen molar-refractivity contribution < 1.29 is 35.4 Å². The molecule has 6 N–H and O–H groups in total. The molecule has 0 radical (unpaired) electrons. The van der Waals surface area contributed by atoms with E-state index in [1.165, 1.54) is 0 Å². The summed E-state index contributed by atoms with van der Waals surface area (Å²) in [4.78, 5) is 0. The lowest BCUT2D eigenvalue weighted by atomic mass is 9.86. The number of rotatable bonds is 1. The fourth-order valence-corrected chi connectivity index (χ4v) is 1.27. The fourth-order valence-electron chi connectivity index (χ4n) is 1.27. The van der Waals surface area contributed by atoms with Crippen LogP contribution in [-0.4, -0.2) is 67.1 Å². The summed E-state index contributed by atoms with van der Waals surface area (Å²) >= 11 is 0. The third-order valence-corrected chi connectivity index (χ3v) is 2.44. The summed E-state index contributed by atoms with van der Waals surface area (Å²) < 4.78 is 4.42.